The van der Waals surface area contributed by atoms with Gasteiger partial charge >= 0.3 is 0 Å². The predicted molar refractivity (Wildman–Crippen MR) is 94.2 cm³/mol. The van der Waals surface area contributed by atoms with Crippen LogP contribution in [0, 0.1) is 12.9 Å². The van der Waals surface area contributed by atoms with Crippen molar-refractivity contribution in [1.29, 1.82) is 0 Å². The molecule has 0 aliphatic rings. The number of hydrogen-bond donors (Lipinski definition) is 0. The van der Waals surface area contributed by atoms with Gasteiger partial charge < -0.3 is 0 Å². The number of aromatic nitrogens is 3. The zero-order valence-electron chi connectivity index (χ0n) is 11.1. The van der Waals surface area contributed by atoms with Crippen LogP contribution in [0.2, 0.25) is 0 Å². The van der Waals surface area contributed by atoms with Crippen molar-refractivity contribution in [2.24, 2.45) is 0 Å². The maximum atomic E-state index is 14.0. The molecule has 0 bridgehead atoms. The Morgan fingerprint density at radius 3 is 2.41 bits per heavy atom. The Kier molecular flexibility index (Phi) is 3.56. The summed E-state index contributed by atoms with van der Waals surface area (Å²) in [6.07, 6.45) is 0. The van der Waals surface area contributed by atoms with Crippen LogP contribution in [-0.4, -0.2) is 13.7 Å². The highest BCUT2D eigenvalue weighted by Gasteiger charge is 2.18. The lowest BCUT2D eigenvalue weighted by molar-refractivity contribution is 0.581. The first kappa shape index (κ1) is 14.4. The van der Waals surface area contributed by atoms with E-state index in [1.165, 1.54) is 9.75 Å². The lowest BCUT2D eigenvalue weighted by Crippen LogP contribution is -1.91. The Bertz CT molecular complexity index is 988. The molecule has 0 saturated heterocycles. The molecule has 0 spiro atoms. The van der Waals surface area contributed by atoms with Gasteiger partial charge in [0.25, 0.3) is 0 Å². The molecule has 4 heterocycles. The molecule has 4 aromatic rings. The van der Waals surface area contributed by atoms with Gasteiger partial charge in [0.2, 0.25) is 5.95 Å². The first-order valence-corrected chi connectivity index (χ1v) is 9.43. The topological polar surface area (TPSA) is 38.7 Å². The van der Waals surface area contributed by atoms with Crippen molar-refractivity contribution in [3.05, 3.63) is 39.6 Å². The minimum atomic E-state index is -0.558. The molecular weight excluding hydrogens is 405 g/mol. The Morgan fingerprint density at radius 2 is 1.64 bits per heavy atom. The van der Waals surface area contributed by atoms with Crippen molar-refractivity contribution < 1.29 is 4.39 Å². The highest BCUT2D eigenvalue weighted by molar-refractivity contribution is 9.10. The molecule has 0 radical (unpaired) electrons. The fourth-order valence-electron chi connectivity index (χ4n) is 2.12. The van der Waals surface area contributed by atoms with Crippen LogP contribution in [0.1, 0.15) is 4.88 Å². The van der Waals surface area contributed by atoms with E-state index in [2.05, 4.69) is 48.7 Å². The maximum Gasteiger partial charge on any atom is 0.230 e. The van der Waals surface area contributed by atoms with E-state index >= 15 is 0 Å². The summed E-state index contributed by atoms with van der Waals surface area (Å²) in [4.78, 5) is 8.58. The summed E-state index contributed by atoms with van der Waals surface area (Å²) >= 11 is 7.57. The average molecular weight is 412 g/mol. The van der Waals surface area contributed by atoms with Gasteiger partial charge in [0.1, 0.15) is 21.2 Å². The molecule has 0 saturated carbocycles. The molecule has 0 fully saturated rings. The third-order valence-electron chi connectivity index (χ3n) is 3.13. The lowest BCUT2D eigenvalue weighted by Gasteiger charge is -2.00. The molecule has 22 heavy (non-hydrogen) atoms. The quantitative estimate of drug-likeness (QED) is 0.394. The Balaban J connectivity index is 1.88. The second-order valence-corrected chi connectivity index (χ2v) is 8.29. The van der Waals surface area contributed by atoms with Gasteiger partial charge in [-0.3, -0.25) is 0 Å². The summed E-state index contributed by atoms with van der Waals surface area (Å²) in [7, 11) is 0. The van der Waals surface area contributed by atoms with Gasteiger partial charge in [0, 0.05) is 14.6 Å². The Hall–Kier alpha value is -1.22. The van der Waals surface area contributed by atoms with Crippen LogP contribution >= 0.6 is 50.3 Å². The smallest absolute Gasteiger partial charge is 0.215 e. The Labute approximate surface area is 145 Å². The normalized spacial score (nSPS) is 11.4. The molecule has 8 heteroatoms. The SMILES string of the molecule is Cc1ccc(-c2ccc(-c3nc(F)c(Br)c4nsnc34)s2)s1. The number of hydrogen-bond acceptors (Lipinski definition) is 6. The van der Waals surface area contributed by atoms with Crippen LogP contribution in [0.5, 0.6) is 0 Å². The van der Waals surface area contributed by atoms with Crippen molar-refractivity contribution >= 4 is 61.4 Å². The van der Waals surface area contributed by atoms with E-state index < -0.39 is 5.95 Å². The molecule has 110 valence electrons. The molecule has 0 aliphatic heterocycles. The minimum Gasteiger partial charge on any atom is -0.215 e. The largest absolute Gasteiger partial charge is 0.230 e. The molecule has 0 unspecified atom stereocenters. The van der Waals surface area contributed by atoms with Crippen LogP contribution in [0.4, 0.5) is 4.39 Å². The molecule has 4 rings (SSSR count). The third-order valence-corrected chi connectivity index (χ3v) is 6.65. The van der Waals surface area contributed by atoms with Crippen LogP contribution in [0.3, 0.4) is 0 Å². The van der Waals surface area contributed by atoms with Crippen LogP contribution in [0.15, 0.2) is 28.7 Å². The first-order valence-electron chi connectivity index (χ1n) is 6.28. The number of thiophene rings is 2. The van der Waals surface area contributed by atoms with Crippen molar-refractivity contribution in [3.63, 3.8) is 0 Å². The van der Waals surface area contributed by atoms with E-state index in [-0.39, 0.29) is 4.47 Å². The number of aryl methyl sites for hydroxylation is 1. The standard InChI is InChI=1S/C14H7BrFN3S3/c1-6-2-3-7(20-6)8-4-5-9(21-8)11-13-12(18-22-19-13)10(15)14(16)17-11/h2-5H,1H3. The second-order valence-electron chi connectivity index (χ2n) is 4.60. The number of fused-ring (bicyclic) bond motifs is 1. The average Bonchev–Trinajstić information content (AvgIpc) is 3.22. The molecular formula is C14H7BrFN3S3. The summed E-state index contributed by atoms with van der Waals surface area (Å²) in [5.74, 6) is -0.558. The monoisotopic (exact) mass is 411 g/mol. The van der Waals surface area contributed by atoms with Gasteiger partial charge in [-0.2, -0.15) is 13.1 Å². The van der Waals surface area contributed by atoms with Gasteiger partial charge in [-0.1, -0.05) is 0 Å². The molecule has 0 aliphatic carbocycles. The van der Waals surface area contributed by atoms with Crippen LogP contribution in [-0.2, 0) is 0 Å². The van der Waals surface area contributed by atoms with Crippen molar-refractivity contribution in [2.75, 3.05) is 0 Å². The summed E-state index contributed by atoms with van der Waals surface area (Å²) in [5.41, 5.74) is 1.71. The molecule has 0 aromatic carbocycles. The predicted octanol–water partition coefficient (Wildman–Crippen LogP) is 5.75. The summed E-state index contributed by atoms with van der Waals surface area (Å²) in [6, 6.07) is 8.20. The molecule has 3 nitrogen and oxygen atoms in total. The van der Waals surface area contributed by atoms with Crippen LogP contribution in [0.25, 0.3) is 31.4 Å². The number of halogens is 2. The van der Waals surface area contributed by atoms with E-state index in [0.29, 0.717) is 16.7 Å². The zero-order chi connectivity index (χ0) is 15.3. The molecule has 0 atom stereocenters. The third kappa shape index (κ3) is 2.30. The van der Waals surface area contributed by atoms with Gasteiger partial charge in [0.15, 0.2) is 0 Å². The van der Waals surface area contributed by atoms with Gasteiger partial charge in [-0.25, -0.2) is 4.98 Å². The van der Waals surface area contributed by atoms with Crippen LogP contribution < -0.4 is 0 Å². The van der Waals surface area contributed by atoms with E-state index in [9.17, 15) is 4.39 Å². The second kappa shape index (κ2) is 5.45. The van der Waals surface area contributed by atoms with E-state index in [0.717, 1.165) is 21.5 Å². The van der Waals surface area contributed by atoms with E-state index in [1.54, 1.807) is 22.7 Å². The van der Waals surface area contributed by atoms with Gasteiger partial charge in [-0.05, 0) is 47.1 Å². The summed E-state index contributed by atoms with van der Waals surface area (Å²) < 4.78 is 22.7. The molecule has 0 N–H and O–H groups in total. The first-order chi connectivity index (χ1) is 10.6. The zero-order valence-corrected chi connectivity index (χ0v) is 15.2. The highest BCUT2D eigenvalue weighted by atomic mass is 79.9. The van der Waals surface area contributed by atoms with Gasteiger partial charge in [-0.15, -0.1) is 22.7 Å². The van der Waals surface area contributed by atoms with Crippen molar-refractivity contribution in [1.82, 2.24) is 13.7 Å². The Morgan fingerprint density at radius 1 is 0.955 bits per heavy atom. The fraction of sp³-hybridized carbons (Fsp3) is 0.0714. The molecule has 0 amide bonds. The van der Waals surface area contributed by atoms with Crippen molar-refractivity contribution in [2.45, 2.75) is 6.92 Å². The maximum absolute atomic E-state index is 14.0. The number of rotatable bonds is 2. The lowest BCUT2D eigenvalue weighted by atomic mass is 10.2. The van der Waals surface area contributed by atoms with E-state index in [1.807, 2.05) is 12.1 Å². The summed E-state index contributed by atoms with van der Waals surface area (Å²) in [5, 5.41) is 0. The van der Waals surface area contributed by atoms with Crippen molar-refractivity contribution in [3.8, 4) is 20.3 Å². The van der Waals surface area contributed by atoms with Gasteiger partial charge in [0.05, 0.1) is 16.6 Å². The number of nitrogens with zero attached hydrogens (tertiary/aromatic N) is 3. The minimum absolute atomic E-state index is 0.269. The highest BCUT2D eigenvalue weighted by Crippen LogP contribution is 2.39. The fourth-order valence-corrected chi connectivity index (χ4v) is 5.11. The molecule has 4 aromatic heterocycles. The number of pyridine rings is 1. The van der Waals surface area contributed by atoms with E-state index in [4.69, 9.17) is 0 Å². The summed E-state index contributed by atoms with van der Waals surface area (Å²) in [6.45, 7) is 2.08.